The van der Waals surface area contributed by atoms with Crippen molar-refractivity contribution in [2.45, 2.75) is 19.9 Å². The minimum absolute atomic E-state index is 0.475. The first-order chi connectivity index (χ1) is 12.2. The molecular weight excluding hydrogens is 314 g/mol. The van der Waals surface area contributed by atoms with Gasteiger partial charge in [-0.25, -0.2) is 0 Å². The average molecular weight is 348 g/mol. The molecule has 140 valence electrons. The molecule has 1 fully saturated rings. The number of hydrogen-bond acceptors (Lipinski definition) is 4. The molecule has 0 aliphatic carbocycles. The Morgan fingerprint density at radius 2 is 1.88 bits per heavy atom. The van der Waals surface area contributed by atoms with E-state index in [0.29, 0.717) is 12.6 Å². The number of nitrogens with zero attached hydrogens (tertiary/aromatic N) is 3. The van der Waals surface area contributed by atoms with Crippen molar-refractivity contribution in [3.8, 4) is 0 Å². The molecule has 0 amide bonds. The number of rotatable bonds is 8. The van der Waals surface area contributed by atoms with Crippen molar-refractivity contribution in [3.05, 3.63) is 30.3 Å². The molecule has 1 unspecified atom stereocenters. The fourth-order valence-electron chi connectivity index (χ4n) is 3.04. The zero-order valence-corrected chi connectivity index (χ0v) is 15.9. The summed E-state index contributed by atoms with van der Waals surface area (Å²) in [5, 5.41) is 6.69. The third-order valence-corrected chi connectivity index (χ3v) is 4.59. The van der Waals surface area contributed by atoms with Crippen LogP contribution >= 0.6 is 0 Å². The van der Waals surface area contributed by atoms with Gasteiger partial charge in [-0.3, -0.25) is 9.89 Å². The van der Waals surface area contributed by atoms with Crippen LogP contribution in [0.5, 0.6) is 0 Å². The fraction of sp³-hybridized carbons (Fsp3) is 0.632. The summed E-state index contributed by atoms with van der Waals surface area (Å²) in [5.74, 6) is 0.842. The van der Waals surface area contributed by atoms with Crippen molar-refractivity contribution >= 4 is 11.6 Å². The molecule has 0 spiro atoms. The fourth-order valence-corrected chi connectivity index (χ4v) is 3.04. The van der Waals surface area contributed by atoms with Gasteiger partial charge in [0.1, 0.15) is 0 Å². The van der Waals surface area contributed by atoms with E-state index in [0.717, 1.165) is 51.8 Å². The van der Waals surface area contributed by atoms with E-state index in [2.05, 4.69) is 62.7 Å². The van der Waals surface area contributed by atoms with Crippen molar-refractivity contribution in [3.63, 3.8) is 0 Å². The van der Waals surface area contributed by atoms with Crippen molar-refractivity contribution in [1.82, 2.24) is 15.5 Å². The van der Waals surface area contributed by atoms with Gasteiger partial charge in [0.25, 0.3) is 0 Å². The Morgan fingerprint density at radius 3 is 2.52 bits per heavy atom. The second kappa shape index (κ2) is 10.9. The Bertz CT molecular complexity index is 500. The predicted octanol–water partition coefficient (Wildman–Crippen LogP) is 1.40. The lowest BCUT2D eigenvalue weighted by Crippen LogP contribution is -2.53. The predicted molar refractivity (Wildman–Crippen MR) is 106 cm³/mol. The number of benzene rings is 1. The van der Waals surface area contributed by atoms with Gasteiger partial charge >= 0.3 is 0 Å². The standard InChI is InChI=1S/C19H33N5O/c1-4-25-15-10-21-19(20-3)22-16-17(2)23-11-13-24(14-12-23)18-8-6-5-7-9-18/h5-9,17H,4,10-16H2,1-3H3,(H2,20,21,22). The largest absolute Gasteiger partial charge is 0.380 e. The molecule has 0 aromatic heterocycles. The van der Waals surface area contributed by atoms with Gasteiger partial charge in [0.05, 0.1) is 6.61 Å². The summed E-state index contributed by atoms with van der Waals surface area (Å²) in [7, 11) is 1.80. The summed E-state index contributed by atoms with van der Waals surface area (Å²) in [5.41, 5.74) is 1.33. The second-order valence-electron chi connectivity index (χ2n) is 6.28. The Morgan fingerprint density at radius 1 is 1.16 bits per heavy atom. The minimum Gasteiger partial charge on any atom is -0.380 e. The monoisotopic (exact) mass is 347 g/mol. The highest BCUT2D eigenvalue weighted by molar-refractivity contribution is 5.79. The van der Waals surface area contributed by atoms with Gasteiger partial charge in [-0.2, -0.15) is 0 Å². The van der Waals surface area contributed by atoms with Crippen LogP contribution in [0.4, 0.5) is 5.69 Å². The van der Waals surface area contributed by atoms with Gasteiger partial charge in [0.2, 0.25) is 0 Å². The van der Waals surface area contributed by atoms with Gasteiger partial charge in [0, 0.05) is 64.7 Å². The molecule has 0 bridgehead atoms. The number of guanidine groups is 1. The van der Waals surface area contributed by atoms with Crippen LogP contribution in [0.15, 0.2) is 35.3 Å². The first-order valence-corrected chi connectivity index (χ1v) is 9.31. The molecule has 6 heteroatoms. The second-order valence-corrected chi connectivity index (χ2v) is 6.28. The molecule has 2 N–H and O–H groups in total. The van der Waals surface area contributed by atoms with Crippen LogP contribution in [0, 0.1) is 0 Å². The summed E-state index contributed by atoms with van der Waals surface area (Å²) in [6, 6.07) is 11.2. The van der Waals surface area contributed by atoms with Crippen LogP contribution in [-0.2, 0) is 4.74 Å². The number of nitrogens with one attached hydrogen (secondary N) is 2. The average Bonchev–Trinajstić information content (AvgIpc) is 2.68. The van der Waals surface area contributed by atoms with E-state index in [4.69, 9.17) is 4.74 Å². The number of anilines is 1. The van der Waals surface area contributed by atoms with Gasteiger partial charge in [-0.15, -0.1) is 0 Å². The molecule has 1 aromatic carbocycles. The number of para-hydroxylation sites is 1. The number of aliphatic imine (C=N–C) groups is 1. The van der Waals surface area contributed by atoms with Crippen LogP contribution < -0.4 is 15.5 Å². The number of hydrogen-bond donors (Lipinski definition) is 2. The molecule has 1 aliphatic rings. The molecule has 2 rings (SSSR count). The van der Waals surface area contributed by atoms with Gasteiger partial charge in [0.15, 0.2) is 5.96 Å². The van der Waals surface area contributed by atoms with E-state index in [1.54, 1.807) is 7.05 Å². The van der Waals surface area contributed by atoms with Crippen LogP contribution in [0.25, 0.3) is 0 Å². The summed E-state index contributed by atoms with van der Waals surface area (Å²) in [4.78, 5) is 9.27. The summed E-state index contributed by atoms with van der Waals surface area (Å²) in [6.45, 7) is 11.7. The first-order valence-electron chi connectivity index (χ1n) is 9.31. The lowest BCUT2D eigenvalue weighted by Gasteiger charge is -2.39. The number of piperazine rings is 1. The van der Waals surface area contributed by atoms with Crippen molar-refractivity contribution in [1.29, 1.82) is 0 Å². The van der Waals surface area contributed by atoms with Crippen LogP contribution in [-0.4, -0.2) is 76.4 Å². The third kappa shape index (κ3) is 6.55. The first kappa shape index (κ1) is 19.5. The van der Waals surface area contributed by atoms with Crippen molar-refractivity contribution in [2.75, 3.05) is 64.4 Å². The maximum absolute atomic E-state index is 5.34. The molecule has 1 aliphatic heterocycles. The molecular formula is C19H33N5O. The summed E-state index contributed by atoms with van der Waals surface area (Å²) < 4.78 is 5.34. The van der Waals surface area contributed by atoms with Gasteiger partial charge < -0.3 is 20.3 Å². The van der Waals surface area contributed by atoms with E-state index >= 15 is 0 Å². The molecule has 25 heavy (non-hydrogen) atoms. The number of ether oxygens (including phenoxy) is 1. The van der Waals surface area contributed by atoms with E-state index in [9.17, 15) is 0 Å². The summed E-state index contributed by atoms with van der Waals surface area (Å²) in [6.07, 6.45) is 0. The molecule has 1 atom stereocenters. The van der Waals surface area contributed by atoms with E-state index in [-0.39, 0.29) is 0 Å². The lowest BCUT2D eigenvalue weighted by molar-refractivity contribution is 0.152. The molecule has 0 radical (unpaired) electrons. The molecule has 0 saturated carbocycles. The van der Waals surface area contributed by atoms with E-state index in [1.165, 1.54) is 5.69 Å². The lowest BCUT2D eigenvalue weighted by atomic mass is 10.2. The highest BCUT2D eigenvalue weighted by atomic mass is 16.5. The Balaban J connectivity index is 1.68. The Labute approximate surface area is 152 Å². The quantitative estimate of drug-likeness (QED) is 0.423. The Kier molecular flexibility index (Phi) is 8.55. The van der Waals surface area contributed by atoms with Gasteiger partial charge in [-0.05, 0) is 26.0 Å². The molecule has 1 saturated heterocycles. The van der Waals surface area contributed by atoms with E-state index < -0.39 is 0 Å². The van der Waals surface area contributed by atoms with Crippen LogP contribution in [0.3, 0.4) is 0 Å². The van der Waals surface area contributed by atoms with Crippen molar-refractivity contribution < 1.29 is 4.74 Å². The summed E-state index contributed by atoms with van der Waals surface area (Å²) >= 11 is 0. The Hall–Kier alpha value is -1.79. The zero-order valence-electron chi connectivity index (χ0n) is 15.9. The molecule has 6 nitrogen and oxygen atoms in total. The zero-order chi connectivity index (χ0) is 17.9. The van der Waals surface area contributed by atoms with Crippen molar-refractivity contribution in [2.24, 2.45) is 4.99 Å². The topological polar surface area (TPSA) is 52.1 Å². The van der Waals surface area contributed by atoms with Crippen LogP contribution in [0.2, 0.25) is 0 Å². The minimum atomic E-state index is 0.475. The molecule has 1 aromatic rings. The third-order valence-electron chi connectivity index (χ3n) is 4.59. The smallest absolute Gasteiger partial charge is 0.191 e. The molecule has 1 heterocycles. The van der Waals surface area contributed by atoms with E-state index in [1.807, 2.05) is 6.92 Å². The normalized spacial score (nSPS) is 17.4. The SMILES string of the molecule is CCOCCNC(=NC)NCC(C)N1CCN(c2ccccc2)CC1. The highest BCUT2D eigenvalue weighted by Crippen LogP contribution is 2.16. The van der Waals surface area contributed by atoms with Gasteiger partial charge in [-0.1, -0.05) is 18.2 Å². The van der Waals surface area contributed by atoms with Crippen LogP contribution in [0.1, 0.15) is 13.8 Å². The maximum atomic E-state index is 5.34. The highest BCUT2D eigenvalue weighted by Gasteiger charge is 2.21. The maximum Gasteiger partial charge on any atom is 0.191 e.